The van der Waals surface area contributed by atoms with Crippen LogP contribution >= 0.6 is 11.8 Å². The van der Waals surface area contributed by atoms with Crippen molar-refractivity contribution < 1.29 is 14.6 Å². The number of ether oxygens (including phenoxy) is 1. The van der Waals surface area contributed by atoms with Gasteiger partial charge in [0, 0.05) is 6.42 Å². The number of carboxylic acid groups (broad SMARTS) is 1. The van der Waals surface area contributed by atoms with Crippen LogP contribution in [0, 0.1) is 0 Å². The number of rotatable bonds is 5. The summed E-state index contributed by atoms with van der Waals surface area (Å²) in [4.78, 5) is 10.6. The first-order valence-corrected chi connectivity index (χ1v) is 6.82. The minimum atomic E-state index is -0.852. The van der Waals surface area contributed by atoms with Crippen molar-refractivity contribution in [3.63, 3.8) is 0 Å². The predicted molar refractivity (Wildman–Crippen MR) is 66.5 cm³/mol. The van der Waals surface area contributed by atoms with E-state index >= 15 is 0 Å². The van der Waals surface area contributed by atoms with E-state index in [4.69, 9.17) is 9.84 Å². The van der Waals surface area contributed by atoms with Gasteiger partial charge in [-0.3, -0.25) is 4.79 Å². The van der Waals surface area contributed by atoms with Crippen molar-refractivity contribution >= 4 is 17.7 Å². The number of carbonyl (C=O) groups is 1. The average Bonchev–Trinajstić information content (AvgIpc) is 2.80. The van der Waals surface area contributed by atoms with E-state index in [1.165, 1.54) is 11.8 Å². The van der Waals surface area contributed by atoms with Crippen LogP contribution in [-0.2, 0) is 16.0 Å². The second-order valence-electron chi connectivity index (χ2n) is 3.81. The number of aliphatic carboxylic acids is 1. The fraction of sp³-hybridized carbons (Fsp3) is 0.700. The van der Waals surface area contributed by atoms with E-state index in [9.17, 15) is 4.79 Å². The van der Waals surface area contributed by atoms with Crippen molar-refractivity contribution in [1.82, 2.24) is 14.9 Å². The Hall–Kier alpha value is -1.28. The number of aromatic nitrogens is 3. The van der Waals surface area contributed by atoms with Crippen LogP contribution < -0.4 is 5.01 Å². The first-order chi connectivity index (χ1) is 8.72. The number of hydrogen-bond acceptors (Lipinski definition) is 6. The number of morpholine rings is 1. The minimum Gasteiger partial charge on any atom is -0.481 e. The third-order valence-electron chi connectivity index (χ3n) is 2.59. The van der Waals surface area contributed by atoms with Gasteiger partial charge in [-0.2, -0.15) is 0 Å². The summed E-state index contributed by atoms with van der Waals surface area (Å²) in [6.07, 6.45) is 0.762. The first kappa shape index (κ1) is 13.2. The zero-order valence-electron chi connectivity index (χ0n) is 10.2. The van der Waals surface area contributed by atoms with E-state index < -0.39 is 5.97 Å². The maximum atomic E-state index is 10.6. The molecule has 0 saturated carbocycles. The Balaban J connectivity index is 2.18. The molecule has 0 aliphatic carbocycles. The van der Waals surface area contributed by atoms with E-state index in [0.29, 0.717) is 18.4 Å². The van der Waals surface area contributed by atoms with Crippen molar-refractivity contribution in [2.75, 3.05) is 37.1 Å². The van der Waals surface area contributed by atoms with Gasteiger partial charge in [-0.15, -0.1) is 10.2 Å². The number of thioether (sulfide) groups is 1. The van der Waals surface area contributed by atoms with Gasteiger partial charge in [-0.05, 0) is 0 Å². The highest BCUT2D eigenvalue weighted by atomic mass is 32.2. The lowest BCUT2D eigenvalue weighted by Crippen LogP contribution is -2.45. The van der Waals surface area contributed by atoms with Gasteiger partial charge in [0.25, 0.3) is 0 Å². The molecule has 2 heterocycles. The lowest BCUT2D eigenvalue weighted by molar-refractivity contribution is -0.133. The zero-order chi connectivity index (χ0) is 13.0. The fourth-order valence-electron chi connectivity index (χ4n) is 1.77. The lowest BCUT2D eigenvalue weighted by Gasteiger charge is -2.31. The molecular weight excluding hydrogens is 256 g/mol. The summed E-state index contributed by atoms with van der Waals surface area (Å²) in [5.41, 5.74) is 0. The summed E-state index contributed by atoms with van der Waals surface area (Å²) in [6, 6.07) is 0. The van der Waals surface area contributed by atoms with Crippen LogP contribution in [0.15, 0.2) is 5.16 Å². The van der Waals surface area contributed by atoms with Gasteiger partial charge in [0.2, 0.25) is 5.16 Å². The van der Waals surface area contributed by atoms with E-state index in [1.807, 2.05) is 11.6 Å². The molecular formula is C10H16N4O3S. The highest BCUT2D eigenvalue weighted by Crippen LogP contribution is 2.18. The minimum absolute atomic E-state index is 0.00775. The second-order valence-corrected chi connectivity index (χ2v) is 4.76. The Morgan fingerprint density at radius 1 is 1.44 bits per heavy atom. The third kappa shape index (κ3) is 2.94. The number of nitrogens with zero attached hydrogens (tertiary/aromatic N) is 4. The Morgan fingerprint density at radius 2 is 2.17 bits per heavy atom. The summed E-state index contributed by atoms with van der Waals surface area (Å²) in [6.45, 7) is 4.89. The monoisotopic (exact) mass is 272 g/mol. The van der Waals surface area contributed by atoms with Crippen molar-refractivity contribution in [2.45, 2.75) is 18.5 Å². The smallest absolute Gasteiger partial charge is 0.313 e. The molecule has 1 saturated heterocycles. The zero-order valence-corrected chi connectivity index (χ0v) is 11.0. The van der Waals surface area contributed by atoms with Crippen LogP contribution in [0.1, 0.15) is 12.7 Å². The van der Waals surface area contributed by atoms with Crippen LogP contribution in [0.4, 0.5) is 0 Å². The molecule has 0 unspecified atom stereocenters. The van der Waals surface area contributed by atoms with Crippen molar-refractivity contribution in [3.05, 3.63) is 5.82 Å². The van der Waals surface area contributed by atoms with Gasteiger partial charge in [-0.1, -0.05) is 18.7 Å². The summed E-state index contributed by atoms with van der Waals surface area (Å²) in [5.74, 6) is -0.00834. The Morgan fingerprint density at radius 3 is 2.78 bits per heavy atom. The summed E-state index contributed by atoms with van der Waals surface area (Å²) < 4.78 is 7.24. The standard InChI is InChI=1S/C10H16N4O3S/c1-2-8-11-12-10(18-7-9(15)16)14(8)13-3-5-17-6-4-13/h2-7H2,1H3,(H,15,16). The Kier molecular flexibility index (Phi) is 4.43. The van der Waals surface area contributed by atoms with E-state index in [-0.39, 0.29) is 5.75 Å². The van der Waals surface area contributed by atoms with Gasteiger partial charge in [0.15, 0.2) is 5.82 Å². The van der Waals surface area contributed by atoms with Gasteiger partial charge >= 0.3 is 5.97 Å². The van der Waals surface area contributed by atoms with Crippen LogP contribution in [-0.4, -0.2) is 58.0 Å². The topological polar surface area (TPSA) is 80.5 Å². The normalized spacial score (nSPS) is 15.9. The summed E-state index contributed by atoms with van der Waals surface area (Å²) >= 11 is 1.19. The molecule has 2 rings (SSSR count). The SMILES string of the molecule is CCc1nnc(SCC(=O)O)n1N1CCOCC1. The average molecular weight is 272 g/mol. The highest BCUT2D eigenvalue weighted by Gasteiger charge is 2.20. The van der Waals surface area contributed by atoms with Crippen LogP contribution in [0.2, 0.25) is 0 Å². The van der Waals surface area contributed by atoms with Gasteiger partial charge < -0.3 is 14.9 Å². The molecule has 8 heteroatoms. The molecule has 0 radical (unpaired) electrons. The number of hydrogen-bond donors (Lipinski definition) is 1. The number of carboxylic acids is 1. The van der Waals surface area contributed by atoms with Gasteiger partial charge in [0.05, 0.1) is 32.1 Å². The maximum Gasteiger partial charge on any atom is 0.313 e. The van der Waals surface area contributed by atoms with Gasteiger partial charge in [-0.25, -0.2) is 4.68 Å². The van der Waals surface area contributed by atoms with Crippen LogP contribution in [0.5, 0.6) is 0 Å². The van der Waals surface area contributed by atoms with E-state index in [2.05, 4.69) is 15.2 Å². The van der Waals surface area contributed by atoms with Crippen molar-refractivity contribution in [1.29, 1.82) is 0 Å². The van der Waals surface area contributed by atoms with Crippen LogP contribution in [0.25, 0.3) is 0 Å². The molecule has 1 N–H and O–H groups in total. The molecule has 0 bridgehead atoms. The third-order valence-corrected chi connectivity index (χ3v) is 3.49. The number of aryl methyl sites for hydroxylation is 1. The first-order valence-electron chi connectivity index (χ1n) is 5.84. The molecule has 0 amide bonds. The molecule has 1 aromatic rings. The summed E-state index contributed by atoms with van der Waals surface area (Å²) in [5, 5.41) is 19.6. The second kappa shape index (κ2) is 6.05. The lowest BCUT2D eigenvalue weighted by atomic mass is 10.4. The predicted octanol–water partition coefficient (Wildman–Crippen LogP) is -0.0146. The van der Waals surface area contributed by atoms with E-state index in [0.717, 1.165) is 25.3 Å². The van der Waals surface area contributed by atoms with Crippen molar-refractivity contribution in [3.8, 4) is 0 Å². The molecule has 18 heavy (non-hydrogen) atoms. The molecule has 1 aromatic heterocycles. The molecule has 0 spiro atoms. The molecule has 0 aromatic carbocycles. The maximum absolute atomic E-state index is 10.6. The van der Waals surface area contributed by atoms with Gasteiger partial charge in [0.1, 0.15) is 0 Å². The molecule has 1 aliphatic rings. The molecule has 1 fully saturated rings. The molecule has 100 valence electrons. The summed E-state index contributed by atoms with van der Waals surface area (Å²) in [7, 11) is 0. The quantitative estimate of drug-likeness (QED) is 0.755. The van der Waals surface area contributed by atoms with E-state index in [1.54, 1.807) is 0 Å². The fourth-order valence-corrected chi connectivity index (χ4v) is 2.46. The Bertz CT molecular complexity index is 417. The molecule has 7 nitrogen and oxygen atoms in total. The van der Waals surface area contributed by atoms with Crippen molar-refractivity contribution in [2.24, 2.45) is 0 Å². The Labute approximate surface area is 109 Å². The van der Waals surface area contributed by atoms with Crippen LogP contribution in [0.3, 0.4) is 0 Å². The highest BCUT2D eigenvalue weighted by molar-refractivity contribution is 7.99. The molecule has 0 atom stereocenters. The largest absolute Gasteiger partial charge is 0.481 e. The molecule has 1 aliphatic heterocycles.